The Morgan fingerprint density at radius 2 is 2.08 bits per heavy atom. The lowest BCUT2D eigenvalue weighted by atomic mass is 9.63. The first kappa shape index (κ1) is 28.0. The zero-order valence-corrected chi connectivity index (χ0v) is 22.6. The SMILES string of the molecule is CCC(C)C(=O)OC1CCC(=NOCc2cc(C)no2)C2=CC(=O)C(C)C(CCC3C(=O)OCCC3O)C21. The van der Waals surface area contributed by atoms with E-state index in [9.17, 15) is 19.5 Å². The van der Waals surface area contributed by atoms with Crippen molar-refractivity contribution >= 4 is 23.4 Å². The van der Waals surface area contributed by atoms with E-state index in [0.29, 0.717) is 55.6 Å². The monoisotopic (exact) mass is 530 g/mol. The molecule has 1 aromatic rings. The van der Waals surface area contributed by atoms with Crippen LogP contribution in [-0.2, 0) is 35.3 Å². The second kappa shape index (κ2) is 12.2. The van der Waals surface area contributed by atoms with E-state index in [4.69, 9.17) is 18.8 Å². The van der Waals surface area contributed by atoms with Gasteiger partial charge in [-0.15, -0.1) is 0 Å². The van der Waals surface area contributed by atoms with Crippen LogP contribution in [-0.4, -0.2) is 52.5 Å². The molecule has 2 fully saturated rings. The first-order valence-corrected chi connectivity index (χ1v) is 13.6. The summed E-state index contributed by atoms with van der Waals surface area (Å²) in [6.45, 7) is 7.79. The van der Waals surface area contributed by atoms with Crippen LogP contribution in [0.2, 0.25) is 0 Å². The fraction of sp³-hybridized carbons (Fsp3) is 0.679. The Hall–Kier alpha value is -3.01. The lowest BCUT2D eigenvalue weighted by Gasteiger charge is -2.44. The number of aryl methyl sites for hydroxylation is 1. The summed E-state index contributed by atoms with van der Waals surface area (Å²) < 4.78 is 16.4. The molecule has 0 bridgehead atoms. The van der Waals surface area contributed by atoms with Crippen LogP contribution in [0, 0.1) is 36.5 Å². The Morgan fingerprint density at radius 1 is 1.29 bits per heavy atom. The third-order valence-corrected chi connectivity index (χ3v) is 8.19. The van der Waals surface area contributed by atoms with Crippen molar-refractivity contribution in [2.75, 3.05) is 6.61 Å². The van der Waals surface area contributed by atoms with Crippen molar-refractivity contribution in [1.82, 2.24) is 5.16 Å². The maximum atomic E-state index is 13.1. The van der Waals surface area contributed by atoms with Gasteiger partial charge >= 0.3 is 11.9 Å². The van der Waals surface area contributed by atoms with Gasteiger partial charge < -0.3 is 23.9 Å². The van der Waals surface area contributed by atoms with E-state index in [0.717, 1.165) is 5.69 Å². The quantitative estimate of drug-likeness (QED) is 0.374. The Labute approximate surface area is 222 Å². The number of cyclic esters (lactones) is 1. The molecule has 2 aliphatic carbocycles. The summed E-state index contributed by atoms with van der Waals surface area (Å²) in [6, 6.07) is 1.76. The minimum Gasteiger partial charge on any atom is -0.465 e. The number of aromatic nitrogens is 1. The normalized spacial score (nSPS) is 31.3. The first-order valence-electron chi connectivity index (χ1n) is 13.6. The Balaban J connectivity index is 1.58. The highest BCUT2D eigenvalue weighted by molar-refractivity contribution is 6.08. The molecular formula is C28H38N2O8. The minimum absolute atomic E-state index is 0.0412. The van der Waals surface area contributed by atoms with Crippen molar-refractivity contribution in [3.05, 3.63) is 29.2 Å². The lowest BCUT2D eigenvalue weighted by Crippen LogP contribution is -2.47. The molecule has 0 amide bonds. The van der Waals surface area contributed by atoms with Crippen LogP contribution in [0.5, 0.6) is 0 Å². The molecule has 1 saturated carbocycles. The van der Waals surface area contributed by atoms with Gasteiger partial charge in [-0.3, -0.25) is 14.4 Å². The van der Waals surface area contributed by atoms with E-state index in [1.165, 1.54) is 0 Å². The van der Waals surface area contributed by atoms with Gasteiger partial charge in [0.05, 0.1) is 36.0 Å². The van der Waals surface area contributed by atoms with Crippen LogP contribution >= 0.6 is 0 Å². The number of carbonyl (C=O) groups is 3. The fourth-order valence-electron chi connectivity index (χ4n) is 5.67. The second-order valence-corrected chi connectivity index (χ2v) is 10.8. The number of aliphatic hydroxyl groups is 1. The number of rotatable bonds is 9. The number of carbonyl (C=O) groups excluding carboxylic acids is 3. The largest absolute Gasteiger partial charge is 0.465 e. The van der Waals surface area contributed by atoms with Gasteiger partial charge in [-0.1, -0.05) is 31.1 Å². The third kappa shape index (κ3) is 6.17. The average Bonchev–Trinajstić information content (AvgIpc) is 3.31. The van der Waals surface area contributed by atoms with Crippen molar-refractivity contribution in [2.24, 2.45) is 34.7 Å². The topological polar surface area (TPSA) is 138 Å². The molecule has 3 aliphatic rings. The standard InChI is InChI=1S/C28H38N2O8/c1-5-15(2)27(33)37-25-9-8-22(30-36-14-18-12-16(3)29-38-18)21-13-24(32)17(4)19(26(21)25)6-7-20-23(31)10-11-35-28(20)34/h12-13,15,17,19-20,23,25-26,31H,5-11,14H2,1-4H3. The Morgan fingerprint density at radius 3 is 2.76 bits per heavy atom. The average molecular weight is 531 g/mol. The molecule has 38 heavy (non-hydrogen) atoms. The number of allylic oxidation sites excluding steroid dienone is 1. The van der Waals surface area contributed by atoms with Gasteiger partial charge in [0.25, 0.3) is 0 Å². The second-order valence-electron chi connectivity index (χ2n) is 10.8. The van der Waals surface area contributed by atoms with Crippen molar-refractivity contribution in [1.29, 1.82) is 0 Å². The van der Waals surface area contributed by atoms with Gasteiger partial charge in [0.2, 0.25) is 0 Å². The molecule has 0 aromatic carbocycles. The van der Waals surface area contributed by atoms with Gasteiger partial charge in [-0.05, 0) is 56.6 Å². The third-order valence-electron chi connectivity index (χ3n) is 8.19. The summed E-state index contributed by atoms with van der Waals surface area (Å²) in [5, 5.41) is 18.6. The molecule has 1 aliphatic heterocycles. The number of esters is 2. The molecule has 2 heterocycles. The molecule has 4 rings (SSSR count). The number of ether oxygens (including phenoxy) is 2. The minimum atomic E-state index is -0.767. The van der Waals surface area contributed by atoms with Gasteiger partial charge in [0.1, 0.15) is 6.10 Å². The van der Waals surface area contributed by atoms with Crippen LogP contribution < -0.4 is 0 Å². The molecular weight excluding hydrogens is 492 g/mol. The van der Waals surface area contributed by atoms with Crippen molar-refractivity contribution < 1.29 is 38.3 Å². The fourth-order valence-corrected chi connectivity index (χ4v) is 5.67. The van der Waals surface area contributed by atoms with Crippen LogP contribution in [0.25, 0.3) is 0 Å². The molecule has 10 nitrogen and oxygen atoms in total. The number of fused-ring (bicyclic) bond motifs is 1. The molecule has 208 valence electrons. The van der Waals surface area contributed by atoms with Gasteiger partial charge in [0, 0.05) is 24.3 Å². The smallest absolute Gasteiger partial charge is 0.311 e. The molecule has 1 saturated heterocycles. The molecule has 7 atom stereocenters. The highest BCUT2D eigenvalue weighted by Gasteiger charge is 2.47. The Bertz CT molecular complexity index is 1090. The zero-order valence-electron chi connectivity index (χ0n) is 22.6. The van der Waals surface area contributed by atoms with E-state index in [1.54, 1.807) is 12.1 Å². The first-order chi connectivity index (χ1) is 18.2. The number of hydrogen-bond donors (Lipinski definition) is 1. The predicted molar refractivity (Wildman–Crippen MR) is 136 cm³/mol. The molecule has 10 heteroatoms. The van der Waals surface area contributed by atoms with Crippen LogP contribution in [0.3, 0.4) is 0 Å². The van der Waals surface area contributed by atoms with Crippen molar-refractivity contribution in [2.45, 2.75) is 85.0 Å². The molecule has 1 aromatic heterocycles. The predicted octanol–water partition coefficient (Wildman–Crippen LogP) is 3.69. The summed E-state index contributed by atoms with van der Waals surface area (Å²) in [7, 11) is 0. The van der Waals surface area contributed by atoms with Gasteiger partial charge in [0.15, 0.2) is 18.2 Å². The number of ketones is 1. The summed E-state index contributed by atoms with van der Waals surface area (Å²) in [5.41, 5.74) is 2.10. The van der Waals surface area contributed by atoms with Crippen LogP contribution in [0.4, 0.5) is 0 Å². The highest BCUT2D eigenvalue weighted by atomic mass is 16.6. The van der Waals surface area contributed by atoms with Crippen molar-refractivity contribution in [3.8, 4) is 0 Å². The van der Waals surface area contributed by atoms with E-state index in [2.05, 4.69) is 10.3 Å². The summed E-state index contributed by atoms with van der Waals surface area (Å²) in [5.74, 6) is -1.87. The maximum absolute atomic E-state index is 13.1. The summed E-state index contributed by atoms with van der Waals surface area (Å²) in [4.78, 5) is 43.8. The molecule has 0 radical (unpaired) electrons. The van der Waals surface area contributed by atoms with Gasteiger partial charge in [-0.25, -0.2) is 0 Å². The Kier molecular flexibility index (Phi) is 9.02. The van der Waals surface area contributed by atoms with E-state index < -0.39 is 24.1 Å². The van der Waals surface area contributed by atoms with E-state index >= 15 is 0 Å². The van der Waals surface area contributed by atoms with E-state index in [1.807, 2.05) is 27.7 Å². The molecule has 1 N–H and O–H groups in total. The maximum Gasteiger partial charge on any atom is 0.311 e. The van der Waals surface area contributed by atoms with Crippen molar-refractivity contribution in [3.63, 3.8) is 0 Å². The molecule has 0 spiro atoms. The summed E-state index contributed by atoms with van der Waals surface area (Å²) in [6.07, 6.45) is 3.38. The zero-order chi connectivity index (χ0) is 27.4. The number of hydrogen-bond acceptors (Lipinski definition) is 10. The van der Waals surface area contributed by atoms with E-state index in [-0.39, 0.29) is 48.6 Å². The highest BCUT2D eigenvalue weighted by Crippen LogP contribution is 2.45. The summed E-state index contributed by atoms with van der Waals surface area (Å²) >= 11 is 0. The van der Waals surface area contributed by atoms with Gasteiger partial charge in [-0.2, -0.15) is 0 Å². The van der Waals surface area contributed by atoms with Crippen LogP contribution in [0.1, 0.15) is 70.8 Å². The number of oxime groups is 1. The number of aliphatic hydroxyl groups excluding tert-OH is 1. The lowest BCUT2D eigenvalue weighted by molar-refractivity contribution is -0.161. The van der Waals surface area contributed by atoms with Crippen LogP contribution in [0.15, 0.2) is 27.4 Å². The number of nitrogens with zero attached hydrogens (tertiary/aromatic N) is 2. The molecule has 7 unspecified atom stereocenters.